The molecule has 1 unspecified atom stereocenters. The number of methoxy groups -OCH3 is 1. The topological polar surface area (TPSA) is 35.2 Å². The Labute approximate surface area is 105 Å². The largest absolute Gasteiger partial charge is 0.496 e. The maximum Gasteiger partial charge on any atom is 0.124 e. The van der Waals surface area contributed by atoms with Gasteiger partial charge in [0, 0.05) is 16.1 Å². The van der Waals surface area contributed by atoms with Crippen LogP contribution in [0.3, 0.4) is 0 Å². The Morgan fingerprint density at radius 2 is 2.25 bits per heavy atom. The molecule has 1 aromatic rings. The van der Waals surface area contributed by atoms with Crippen molar-refractivity contribution in [3.05, 3.63) is 28.2 Å². The van der Waals surface area contributed by atoms with Crippen LogP contribution in [0.5, 0.6) is 5.75 Å². The minimum Gasteiger partial charge on any atom is -0.496 e. The molecule has 0 aromatic heterocycles. The monoisotopic (exact) mass is 283 g/mol. The second-order valence-corrected chi connectivity index (χ2v) is 5.43. The molecule has 2 rings (SSSR count). The second-order valence-electron chi connectivity index (χ2n) is 4.51. The summed E-state index contributed by atoms with van der Waals surface area (Å²) in [5.41, 5.74) is 7.32. The number of ether oxygens (including phenoxy) is 1. The summed E-state index contributed by atoms with van der Waals surface area (Å²) in [7, 11) is 1.69. The number of hydrogen-bond donors (Lipinski definition) is 1. The van der Waals surface area contributed by atoms with Gasteiger partial charge < -0.3 is 10.5 Å². The van der Waals surface area contributed by atoms with E-state index in [9.17, 15) is 0 Å². The first kappa shape index (κ1) is 11.9. The lowest BCUT2D eigenvalue weighted by molar-refractivity contribution is 0.402. The van der Waals surface area contributed by atoms with Crippen molar-refractivity contribution in [2.75, 3.05) is 7.11 Å². The summed E-state index contributed by atoms with van der Waals surface area (Å²) in [5, 5.41) is 0. The van der Waals surface area contributed by atoms with E-state index in [0.29, 0.717) is 0 Å². The summed E-state index contributed by atoms with van der Waals surface area (Å²) < 4.78 is 6.39. The summed E-state index contributed by atoms with van der Waals surface area (Å²) in [4.78, 5) is 0. The van der Waals surface area contributed by atoms with Crippen LogP contribution in [0.4, 0.5) is 0 Å². The molecule has 1 aliphatic carbocycles. The molecule has 0 bridgehead atoms. The first-order valence-corrected chi connectivity index (χ1v) is 6.59. The van der Waals surface area contributed by atoms with E-state index in [1.54, 1.807) is 7.11 Å². The van der Waals surface area contributed by atoms with Crippen molar-refractivity contribution < 1.29 is 4.74 Å². The van der Waals surface area contributed by atoms with Gasteiger partial charge in [-0.15, -0.1) is 0 Å². The Bertz CT molecular complexity index is 363. The Hall–Kier alpha value is -0.540. The van der Waals surface area contributed by atoms with Crippen molar-refractivity contribution in [3.63, 3.8) is 0 Å². The molecule has 1 aliphatic rings. The van der Waals surface area contributed by atoms with Gasteiger partial charge in [0.2, 0.25) is 0 Å². The molecule has 2 N–H and O–H groups in total. The van der Waals surface area contributed by atoms with E-state index in [1.807, 2.05) is 12.1 Å². The maximum absolute atomic E-state index is 6.20. The molecule has 2 nitrogen and oxygen atoms in total. The Morgan fingerprint density at radius 1 is 1.50 bits per heavy atom. The highest BCUT2D eigenvalue weighted by molar-refractivity contribution is 9.10. The minimum absolute atomic E-state index is 0.101. The average Bonchev–Trinajstić information content (AvgIpc) is 3.09. The van der Waals surface area contributed by atoms with Crippen LogP contribution < -0.4 is 10.5 Å². The van der Waals surface area contributed by atoms with Gasteiger partial charge in [0.25, 0.3) is 0 Å². The van der Waals surface area contributed by atoms with Crippen molar-refractivity contribution in [1.29, 1.82) is 0 Å². The average molecular weight is 284 g/mol. The third kappa shape index (κ3) is 2.98. The number of hydrogen-bond acceptors (Lipinski definition) is 2. The van der Waals surface area contributed by atoms with Crippen LogP contribution in [0.15, 0.2) is 22.7 Å². The molecular formula is C13H18BrNO. The van der Waals surface area contributed by atoms with Crippen LogP contribution in [-0.2, 0) is 0 Å². The van der Waals surface area contributed by atoms with Crippen LogP contribution in [0, 0.1) is 5.92 Å². The standard InChI is InChI=1S/C13H18BrNO/c1-16-13-8-10(14)5-6-11(13)12(15)7-4-9-2-3-9/h5-6,8-9,12H,2-4,7,15H2,1H3. The molecule has 0 aliphatic heterocycles. The fourth-order valence-corrected chi connectivity index (χ4v) is 2.31. The van der Waals surface area contributed by atoms with Crippen molar-refractivity contribution in [1.82, 2.24) is 0 Å². The fourth-order valence-electron chi connectivity index (χ4n) is 1.97. The van der Waals surface area contributed by atoms with Crippen molar-refractivity contribution in [2.45, 2.75) is 31.7 Å². The molecular weight excluding hydrogens is 266 g/mol. The Balaban J connectivity index is 2.04. The summed E-state index contributed by atoms with van der Waals surface area (Å²) >= 11 is 3.44. The molecule has 1 saturated carbocycles. The Morgan fingerprint density at radius 3 is 2.88 bits per heavy atom. The molecule has 0 radical (unpaired) electrons. The van der Waals surface area contributed by atoms with Crippen LogP contribution in [0.25, 0.3) is 0 Å². The van der Waals surface area contributed by atoms with E-state index in [1.165, 1.54) is 19.3 Å². The van der Waals surface area contributed by atoms with E-state index >= 15 is 0 Å². The smallest absolute Gasteiger partial charge is 0.124 e. The first-order chi connectivity index (χ1) is 7.70. The highest BCUT2D eigenvalue weighted by atomic mass is 79.9. The van der Waals surface area contributed by atoms with Crippen LogP contribution >= 0.6 is 15.9 Å². The van der Waals surface area contributed by atoms with Gasteiger partial charge >= 0.3 is 0 Å². The van der Waals surface area contributed by atoms with Crippen molar-refractivity contribution in [3.8, 4) is 5.75 Å². The second kappa shape index (κ2) is 5.19. The van der Waals surface area contributed by atoms with E-state index < -0.39 is 0 Å². The molecule has 1 atom stereocenters. The van der Waals surface area contributed by atoms with E-state index in [-0.39, 0.29) is 6.04 Å². The lowest BCUT2D eigenvalue weighted by Gasteiger charge is -2.15. The zero-order valence-electron chi connectivity index (χ0n) is 9.58. The molecule has 3 heteroatoms. The number of halogens is 1. The summed E-state index contributed by atoms with van der Waals surface area (Å²) in [6.07, 6.45) is 5.09. The molecule has 0 amide bonds. The summed E-state index contributed by atoms with van der Waals surface area (Å²) in [5.74, 6) is 1.82. The predicted octanol–water partition coefficient (Wildman–Crippen LogP) is 3.65. The first-order valence-electron chi connectivity index (χ1n) is 5.79. The number of benzene rings is 1. The molecule has 1 aromatic carbocycles. The normalized spacial score (nSPS) is 17.2. The third-order valence-electron chi connectivity index (χ3n) is 3.18. The highest BCUT2D eigenvalue weighted by Gasteiger charge is 2.22. The zero-order valence-corrected chi connectivity index (χ0v) is 11.2. The van der Waals surface area contributed by atoms with Gasteiger partial charge in [0.15, 0.2) is 0 Å². The Kier molecular flexibility index (Phi) is 3.87. The van der Waals surface area contributed by atoms with Gasteiger partial charge in [-0.05, 0) is 30.9 Å². The molecule has 0 saturated heterocycles. The molecule has 0 heterocycles. The van der Waals surface area contributed by atoms with Gasteiger partial charge in [-0.25, -0.2) is 0 Å². The molecule has 1 fully saturated rings. The van der Waals surface area contributed by atoms with Gasteiger partial charge in [0.1, 0.15) is 5.75 Å². The number of nitrogens with two attached hydrogens (primary N) is 1. The minimum atomic E-state index is 0.101. The summed E-state index contributed by atoms with van der Waals surface area (Å²) in [6.45, 7) is 0. The fraction of sp³-hybridized carbons (Fsp3) is 0.538. The quantitative estimate of drug-likeness (QED) is 0.895. The molecule has 16 heavy (non-hydrogen) atoms. The van der Waals surface area contributed by atoms with E-state index in [0.717, 1.165) is 28.1 Å². The summed E-state index contributed by atoms with van der Waals surface area (Å²) in [6, 6.07) is 6.16. The van der Waals surface area contributed by atoms with E-state index in [4.69, 9.17) is 10.5 Å². The van der Waals surface area contributed by atoms with Gasteiger partial charge in [-0.3, -0.25) is 0 Å². The van der Waals surface area contributed by atoms with E-state index in [2.05, 4.69) is 22.0 Å². The van der Waals surface area contributed by atoms with Gasteiger partial charge in [-0.2, -0.15) is 0 Å². The SMILES string of the molecule is COc1cc(Br)ccc1C(N)CCC1CC1. The predicted molar refractivity (Wildman–Crippen MR) is 69.6 cm³/mol. The molecule has 88 valence electrons. The van der Waals surface area contributed by atoms with Crippen molar-refractivity contribution >= 4 is 15.9 Å². The highest BCUT2D eigenvalue weighted by Crippen LogP contribution is 2.37. The van der Waals surface area contributed by atoms with Gasteiger partial charge in [-0.1, -0.05) is 34.8 Å². The van der Waals surface area contributed by atoms with Crippen LogP contribution in [-0.4, -0.2) is 7.11 Å². The van der Waals surface area contributed by atoms with Crippen molar-refractivity contribution in [2.24, 2.45) is 11.7 Å². The lowest BCUT2D eigenvalue weighted by Crippen LogP contribution is -2.11. The maximum atomic E-state index is 6.20. The third-order valence-corrected chi connectivity index (χ3v) is 3.67. The lowest BCUT2D eigenvalue weighted by atomic mass is 10.0. The van der Waals surface area contributed by atoms with Crippen LogP contribution in [0.2, 0.25) is 0 Å². The number of rotatable bonds is 5. The van der Waals surface area contributed by atoms with Crippen LogP contribution in [0.1, 0.15) is 37.3 Å². The van der Waals surface area contributed by atoms with Gasteiger partial charge in [0.05, 0.1) is 7.11 Å². The zero-order chi connectivity index (χ0) is 11.5. The molecule has 0 spiro atoms.